The Morgan fingerprint density at radius 3 is 2.80 bits per heavy atom. The van der Waals surface area contributed by atoms with Gasteiger partial charge in [-0.3, -0.25) is 0 Å². The van der Waals surface area contributed by atoms with Crippen LogP contribution in [0, 0.1) is 6.92 Å². The second kappa shape index (κ2) is 3.21. The summed E-state index contributed by atoms with van der Waals surface area (Å²) >= 11 is 1.75. The van der Waals surface area contributed by atoms with Gasteiger partial charge in [-0.05, 0) is 30.5 Å². The zero-order valence-corrected chi connectivity index (χ0v) is 9.14. The molecule has 3 rings (SSSR count). The maximum atomic E-state index is 4.57. The zero-order valence-electron chi connectivity index (χ0n) is 8.32. The molecule has 0 amide bonds. The van der Waals surface area contributed by atoms with Gasteiger partial charge in [0.05, 0.1) is 11.0 Å². The number of aromatic nitrogens is 2. The number of nitrogens with zero attached hydrogens (tertiary/aromatic N) is 1. The van der Waals surface area contributed by atoms with E-state index in [2.05, 4.69) is 28.3 Å². The predicted molar refractivity (Wildman–Crippen MR) is 64.1 cm³/mol. The van der Waals surface area contributed by atoms with Gasteiger partial charge in [-0.25, -0.2) is 4.98 Å². The van der Waals surface area contributed by atoms with Crippen molar-refractivity contribution >= 4 is 22.4 Å². The van der Waals surface area contributed by atoms with Crippen molar-refractivity contribution < 1.29 is 0 Å². The lowest BCUT2D eigenvalue weighted by molar-refractivity contribution is 1.33. The van der Waals surface area contributed by atoms with Crippen molar-refractivity contribution in [2.75, 3.05) is 0 Å². The van der Waals surface area contributed by atoms with Crippen LogP contribution in [-0.2, 0) is 0 Å². The van der Waals surface area contributed by atoms with Gasteiger partial charge in [0.25, 0.3) is 0 Å². The Kier molecular flexibility index (Phi) is 1.86. The van der Waals surface area contributed by atoms with Crippen molar-refractivity contribution in [1.82, 2.24) is 9.97 Å². The number of aromatic amines is 1. The molecule has 0 bridgehead atoms. The molecule has 1 N–H and O–H groups in total. The molecule has 2 heterocycles. The Bertz CT molecular complexity index is 574. The minimum atomic E-state index is 0.968. The van der Waals surface area contributed by atoms with Crippen molar-refractivity contribution in [3.8, 4) is 11.4 Å². The van der Waals surface area contributed by atoms with Crippen molar-refractivity contribution in [2.45, 2.75) is 6.92 Å². The molecular formula is C12H10N2S. The van der Waals surface area contributed by atoms with Crippen LogP contribution in [0.5, 0.6) is 0 Å². The van der Waals surface area contributed by atoms with Gasteiger partial charge in [0.2, 0.25) is 0 Å². The van der Waals surface area contributed by atoms with Crippen molar-refractivity contribution in [3.05, 3.63) is 40.6 Å². The number of fused-ring (bicyclic) bond motifs is 1. The fraction of sp³-hybridized carbons (Fsp3) is 0.0833. The predicted octanol–water partition coefficient (Wildman–Crippen LogP) is 3.60. The number of H-pyrrole nitrogens is 1. The number of para-hydroxylation sites is 2. The van der Waals surface area contributed by atoms with Gasteiger partial charge < -0.3 is 4.98 Å². The Hall–Kier alpha value is -1.61. The summed E-state index contributed by atoms with van der Waals surface area (Å²) in [5.41, 5.74) is 3.33. The van der Waals surface area contributed by atoms with Gasteiger partial charge in [-0.15, -0.1) is 11.3 Å². The van der Waals surface area contributed by atoms with E-state index < -0.39 is 0 Å². The quantitative estimate of drug-likeness (QED) is 0.658. The van der Waals surface area contributed by atoms with Gasteiger partial charge in [0, 0.05) is 10.4 Å². The van der Waals surface area contributed by atoms with Gasteiger partial charge in [0.1, 0.15) is 5.82 Å². The summed E-state index contributed by atoms with van der Waals surface area (Å²) in [5, 5.41) is 2.10. The summed E-state index contributed by atoms with van der Waals surface area (Å²) in [6.07, 6.45) is 0. The van der Waals surface area contributed by atoms with E-state index in [0.29, 0.717) is 0 Å². The van der Waals surface area contributed by atoms with Crippen molar-refractivity contribution in [3.63, 3.8) is 0 Å². The fourth-order valence-corrected chi connectivity index (χ4v) is 2.41. The van der Waals surface area contributed by atoms with E-state index in [1.54, 1.807) is 11.3 Å². The third kappa shape index (κ3) is 1.36. The lowest BCUT2D eigenvalue weighted by atomic mass is 10.2. The minimum absolute atomic E-state index is 0.968. The second-order valence-corrected chi connectivity index (χ2v) is 4.61. The largest absolute Gasteiger partial charge is 0.338 e. The standard InChI is InChI=1S/C12H10N2S/c1-8-9(6-7-15-8)12-13-10-4-2-3-5-11(10)14-12/h2-7H,1H3,(H,13,14). The first kappa shape index (κ1) is 8.68. The number of hydrogen-bond acceptors (Lipinski definition) is 2. The molecule has 0 aliphatic heterocycles. The summed E-state index contributed by atoms with van der Waals surface area (Å²) in [6.45, 7) is 2.12. The van der Waals surface area contributed by atoms with Crippen LogP contribution in [0.2, 0.25) is 0 Å². The molecular weight excluding hydrogens is 204 g/mol. The van der Waals surface area contributed by atoms with E-state index in [9.17, 15) is 0 Å². The highest BCUT2D eigenvalue weighted by molar-refractivity contribution is 7.10. The monoisotopic (exact) mass is 214 g/mol. The van der Waals surface area contributed by atoms with E-state index in [1.807, 2.05) is 24.3 Å². The summed E-state index contributed by atoms with van der Waals surface area (Å²) in [5.74, 6) is 0.968. The molecule has 0 saturated heterocycles. The van der Waals surface area contributed by atoms with Crippen LogP contribution < -0.4 is 0 Å². The van der Waals surface area contributed by atoms with Crippen LogP contribution in [0.1, 0.15) is 4.88 Å². The molecule has 0 unspecified atom stereocenters. The average Bonchev–Trinajstić information content (AvgIpc) is 2.82. The molecule has 0 aliphatic carbocycles. The lowest BCUT2D eigenvalue weighted by Gasteiger charge is -1.92. The van der Waals surface area contributed by atoms with Crippen molar-refractivity contribution in [1.29, 1.82) is 0 Å². The van der Waals surface area contributed by atoms with E-state index in [4.69, 9.17) is 0 Å². The number of imidazole rings is 1. The maximum Gasteiger partial charge on any atom is 0.139 e. The highest BCUT2D eigenvalue weighted by Crippen LogP contribution is 2.26. The first-order valence-corrected chi connectivity index (χ1v) is 5.72. The highest BCUT2D eigenvalue weighted by atomic mass is 32.1. The number of benzene rings is 1. The van der Waals surface area contributed by atoms with Gasteiger partial charge in [-0.1, -0.05) is 12.1 Å². The van der Waals surface area contributed by atoms with Gasteiger partial charge in [0.15, 0.2) is 0 Å². The van der Waals surface area contributed by atoms with Gasteiger partial charge >= 0.3 is 0 Å². The normalized spacial score (nSPS) is 11.0. The summed E-state index contributed by atoms with van der Waals surface area (Å²) < 4.78 is 0. The molecule has 15 heavy (non-hydrogen) atoms. The molecule has 3 aromatic rings. The number of nitrogens with one attached hydrogen (secondary N) is 1. The average molecular weight is 214 g/mol. The van der Waals surface area contributed by atoms with E-state index >= 15 is 0 Å². The Morgan fingerprint density at radius 1 is 1.20 bits per heavy atom. The summed E-state index contributed by atoms with van der Waals surface area (Å²) in [6, 6.07) is 10.2. The maximum absolute atomic E-state index is 4.57. The molecule has 1 aromatic carbocycles. The Balaban J connectivity index is 2.24. The minimum Gasteiger partial charge on any atom is -0.338 e. The van der Waals surface area contributed by atoms with Crippen LogP contribution in [0.4, 0.5) is 0 Å². The highest BCUT2D eigenvalue weighted by Gasteiger charge is 2.07. The van der Waals surface area contributed by atoms with Crippen LogP contribution in [-0.4, -0.2) is 9.97 Å². The van der Waals surface area contributed by atoms with E-state index in [-0.39, 0.29) is 0 Å². The smallest absolute Gasteiger partial charge is 0.139 e. The number of thiophene rings is 1. The molecule has 0 spiro atoms. The molecule has 3 heteroatoms. The zero-order chi connectivity index (χ0) is 10.3. The fourth-order valence-electron chi connectivity index (χ4n) is 1.71. The van der Waals surface area contributed by atoms with Gasteiger partial charge in [-0.2, -0.15) is 0 Å². The van der Waals surface area contributed by atoms with E-state index in [1.165, 1.54) is 10.4 Å². The van der Waals surface area contributed by atoms with Crippen LogP contribution >= 0.6 is 11.3 Å². The molecule has 0 atom stereocenters. The molecule has 2 aromatic heterocycles. The lowest BCUT2D eigenvalue weighted by Crippen LogP contribution is -1.78. The third-order valence-electron chi connectivity index (χ3n) is 2.50. The van der Waals surface area contributed by atoms with Crippen LogP contribution in [0.3, 0.4) is 0 Å². The summed E-state index contributed by atoms with van der Waals surface area (Å²) in [7, 11) is 0. The molecule has 0 aliphatic rings. The first-order chi connectivity index (χ1) is 7.34. The first-order valence-electron chi connectivity index (χ1n) is 4.84. The Morgan fingerprint density at radius 2 is 2.07 bits per heavy atom. The Labute approximate surface area is 91.6 Å². The number of aryl methyl sites for hydroxylation is 1. The molecule has 0 fully saturated rings. The molecule has 0 saturated carbocycles. The SMILES string of the molecule is Cc1sccc1-c1nc2ccccc2[nH]1. The molecule has 74 valence electrons. The molecule has 0 radical (unpaired) electrons. The van der Waals surface area contributed by atoms with Crippen molar-refractivity contribution in [2.24, 2.45) is 0 Å². The van der Waals surface area contributed by atoms with Crippen LogP contribution in [0.25, 0.3) is 22.4 Å². The number of rotatable bonds is 1. The topological polar surface area (TPSA) is 28.7 Å². The van der Waals surface area contributed by atoms with E-state index in [0.717, 1.165) is 16.9 Å². The number of hydrogen-bond donors (Lipinski definition) is 1. The summed E-state index contributed by atoms with van der Waals surface area (Å²) in [4.78, 5) is 9.20. The second-order valence-electron chi connectivity index (χ2n) is 3.49. The third-order valence-corrected chi connectivity index (χ3v) is 3.35. The van der Waals surface area contributed by atoms with Crippen LogP contribution in [0.15, 0.2) is 35.7 Å². The molecule has 2 nitrogen and oxygen atoms in total.